The first-order valence-corrected chi connectivity index (χ1v) is 9.20. The number of benzene rings is 1. The molecule has 0 fully saturated rings. The van der Waals surface area contributed by atoms with Crippen molar-refractivity contribution in [1.82, 2.24) is 15.0 Å². The quantitative estimate of drug-likeness (QED) is 0.802. The second-order valence-electron chi connectivity index (χ2n) is 5.42. The highest BCUT2D eigenvalue weighted by molar-refractivity contribution is 7.89. The number of hydrogen-bond donors (Lipinski definition) is 2. The van der Waals surface area contributed by atoms with Crippen molar-refractivity contribution in [1.29, 1.82) is 0 Å². The van der Waals surface area contributed by atoms with Crippen LogP contribution in [0.15, 0.2) is 47.6 Å². The number of carbonyl (C=O) groups is 1. The van der Waals surface area contributed by atoms with E-state index in [0.29, 0.717) is 12.1 Å². The smallest absolute Gasteiger partial charge is 0.251 e. The van der Waals surface area contributed by atoms with E-state index in [-0.39, 0.29) is 17.3 Å². The Hall–Kier alpha value is -2.25. The molecule has 1 aromatic heterocycles. The lowest BCUT2D eigenvalue weighted by molar-refractivity contribution is 0.0953. The van der Waals surface area contributed by atoms with Gasteiger partial charge in [-0.3, -0.25) is 9.78 Å². The van der Waals surface area contributed by atoms with Gasteiger partial charge in [-0.1, -0.05) is 19.1 Å². The fraction of sp³-hybridized carbons (Fsp3) is 0.294. The van der Waals surface area contributed by atoms with E-state index in [1.54, 1.807) is 37.5 Å². The molecule has 0 spiro atoms. The van der Waals surface area contributed by atoms with Crippen molar-refractivity contribution in [3.8, 4) is 0 Å². The maximum atomic E-state index is 12.4. The van der Waals surface area contributed by atoms with Crippen LogP contribution in [0, 0.1) is 6.92 Å². The second-order valence-corrected chi connectivity index (χ2v) is 7.19. The minimum absolute atomic E-state index is 0.0682. The normalized spacial score (nSPS) is 11.2. The van der Waals surface area contributed by atoms with E-state index in [9.17, 15) is 13.2 Å². The molecule has 1 aromatic carbocycles. The van der Waals surface area contributed by atoms with E-state index in [1.807, 2.05) is 6.92 Å². The van der Waals surface area contributed by atoms with Gasteiger partial charge in [0.1, 0.15) is 0 Å². The first-order valence-electron chi connectivity index (χ1n) is 7.71. The van der Waals surface area contributed by atoms with Gasteiger partial charge in [0.15, 0.2) is 0 Å². The number of nitrogens with one attached hydrogen (secondary N) is 2. The number of aryl methyl sites for hydroxylation is 1. The van der Waals surface area contributed by atoms with Crippen LogP contribution >= 0.6 is 0 Å². The molecule has 0 radical (unpaired) electrons. The standard InChI is InChI=1S/C17H21N3O3S/c1-3-8-19-17(21)16-10-15(7-6-13(16)2)24(22,23)20-12-14-5-4-9-18-11-14/h4-7,9-11,20H,3,8,12H2,1-2H3,(H,19,21). The first-order chi connectivity index (χ1) is 11.4. The average Bonchev–Trinajstić information content (AvgIpc) is 2.59. The minimum Gasteiger partial charge on any atom is -0.352 e. The van der Waals surface area contributed by atoms with Crippen LogP contribution in [0.1, 0.15) is 34.8 Å². The highest BCUT2D eigenvalue weighted by atomic mass is 32.2. The number of aromatic nitrogens is 1. The molecule has 2 rings (SSSR count). The Labute approximate surface area is 142 Å². The van der Waals surface area contributed by atoms with Crippen molar-refractivity contribution in [2.24, 2.45) is 0 Å². The summed E-state index contributed by atoms with van der Waals surface area (Å²) in [5.41, 5.74) is 1.86. The van der Waals surface area contributed by atoms with Gasteiger partial charge < -0.3 is 5.32 Å². The van der Waals surface area contributed by atoms with Crippen LogP contribution in [0.2, 0.25) is 0 Å². The number of rotatable bonds is 7. The lowest BCUT2D eigenvalue weighted by Crippen LogP contribution is -2.26. The molecule has 24 heavy (non-hydrogen) atoms. The summed E-state index contributed by atoms with van der Waals surface area (Å²) in [6.45, 7) is 4.42. The van der Waals surface area contributed by atoms with E-state index in [2.05, 4.69) is 15.0 Å². The summed E-state index contributed by atoms with van der Waals surface area (Å²) in [6.07, 6.45) is 4.04. The number of pyridine rings is 1. The van der Waals surface area contributed by atoms with Crippen LogP contribution in [-0.4, -0.2) is 25.9 Å². The molecule has 0 atom stereocenters. The molecule has 1 amide bonds. The Bertz CT molecular complexity index is 805. The number of amides is 1. The largest absolute Gasteiger partial charge is 0.352 e. The predicted octanol–water partition coefficient (Wildman–Crippen LogP) is 2.01. The van der Waals surface area contributed by atoms with Crippen LogP contribution in [0.3, 0.4) is 0 Å². The molecule has 128 valence electrons. The SMILES string of the molecule is CCCNC(=O)c1cc(S(=O)(=O)NCc2cccnc2)ccc1C. The van der Waals surface area contributed by atoms with Crippen molar-refractivity contribution in [2.45, 2.75) is 31.7 Å². The Morgan fingerprint density at radius 2 is 2.04 bits per heavy atom. The van der Waals surface area contributed by atoms with Crippen LogP contribution in [0.25, 0.3) is 0 Å². The van der Waals surface area contributed by atoms with Crippen molar-refractivity contribution in [3.63, 3.8) is 0 Å². The topological polar surface area (TPSA) is 88.2 Å². The molecular formula is C17H21N3O3S. The zero-order chi connectivity index (χ0) is 17.6. The molecule has 0 saturated heterocycles. The molecule has 2 N–H and O–H groups in total. The van der Waals surface area contributed by atoms with Gasteiger partial charge in [0, 0.05) is 31.0 Å². The Morgan fingerprint density at radius 3 is 2.71 bits per heavy atom. The third-order valence-electron chi connectivity index (χ3n) is 3.49. The van der Waals surface area contributed by atoms with Crippen LogP contribution < -0.4 is 10.0 Å². The number of carbonyl (C=O) groups excluding carboxylic acids is 1. The highest BCUT2D eigenvalue weighted by Crippen LogP contribution is 2.16. The Kier molecular flexibility index (Phi) is 6.05. The molecule has 1 heterocycles. The summed E-state index contributed by atoms with van der Waals surface area (Å²) >= 11 is 0. The summed E-state index contributed by atoms with van der Waals surface area (Å²) in [4.78, 5) is 16.2. The second kappa shape index (κ2) is 8.03. The maximum absolute atomic E-state index is 12.4. The van der Waals surface area contributed by atoms with Crippen LogP contribution in [-0.2, 0) is 16.6 Å². The third-order valence-corrected chi connectivity index (χ3v) is 4.89. The summed E-state index contributed by atoms with van der Waals surface area (Å²) in [7, 11) is -3.71. The molecule has 7 heteroatoms. The maximum Gasteiger partial charge on any atom is 0.251 e. The number of hydrogen-bond acceptors (Lipinski definition) is 4. The van der Waals surface area contributed by atoms with Gasteiger partial charge in [0.05, 0.1) is 4.90 Å². The zero-order valence-electron chi connectivity index (χ0n) is 13.7. The van der Waals surface area contributed by atoms with E-state index in [4.69, 9.17) is 0 Å². The molecule has 0 aliphatic heterocycles. The highest BCUT2D eigenvalue weighted by Gasteiger charge is 2.17. The van der Waals surface area contributed by atoms with Gasteiger partial charge >= 0.3 is 0 Å². The molecule has 2 aromatic rings. The molecule has 0 unspecified atom stereocenters. The first kappa shape index (κ1) is 18.1. The van der Waals surface area contributed by atoms with Gasteiger partial charge in [-0.25, -0.2) is 13.1 Å². The number of sulfonamides is 1. The van der Waals surface area contributed by atoms with Gasteiger partial charge in [-0.2, -0.15) is 0 Å². The van der Waals surface area contributed by atoms with E-state index in [1.165, 1.54) is 12.1 Å². The summed E-state index contributed by atoms with van der Waals surface area (Å²) in [5, 5.41) is 2.76. The Balaban J connectivity index is 2.19. The average molecular weight is 347 g/mol. The van der Waals surface area contributed by atoms with E-state index < -0.39 is 10.0 Å². The van der Waals surface area contributed by atoms with Crippen molar-refractivity contribution in [2.75, 3.05) is 6.54 Å². The fourth-order valence-electron chi connectivity index (χ4n) is 2.11. The summed E-state index contributed by atoms with van der Waals surface area (Å²) in [6, 6.07) is 8.07. The zero-order valence-corrected chi connectivity index (χ0v) is 14.6. The lowest BCUT2D eigenvalue weighted by Gasteiger charge is -2.11. The van der Waals surface area contributed by atoms with Gasteiger partial charge in [0.25, 0.3) is 5.91 Å². The lowest BCUT2D eigenvalue weighted by atomic mass is 10.1. The molecule has 0 bridgehead atoms. The van der Waals surface area contributed by atoms with E-state index in [0.717, 1.165) is 17.5 Å². The Morgan fingerprint density at radius 1 is 1.25 bits per heavy atom. The molecule has 0 aliphatic carbocycles. The molecule has 0 saturated carbocycles. The monoisotopic (exact) mass is 347 g/mol. The van der Waals surface area contributed by atoms with Crippen molar-refractivity contribution < 1.29 is 13.2 Å². The van der Waals surface area contributed by atoms with Crippen LogP contribution in [0.5, 0.6) is 0 Å². The van der Waals surface area contributed by atoms with Gasteiger partial charge in [-0.05, 0) is 42.7 Å². The van der Waals surface area contributed by atoms with Crippen LogP contribution in [0.4, 0.5) is 0 Å². The molecular weight excluding hydrogens is 326 g/mol. The molecule has 0 aliphatic rings. The predicted molar refractivity (Wildman–Crippen MR) is 92.1 cm³/mol. The van der Waals surface area contributed by atoms with Crippen molar-refractivity contribution >= 4 is 15.9 Å². The fourth-order valence-corrected chi connectivity index (χ4v) is 3.15. The summed E-state index contributed by atoms with van der Waals surface area (Å²) < 4.78 is 27.4. The molecule has 6 nitrogen and oxygen atoms in total. The van der Waals surface area contributed by atoms with Crippen molar-refractivity contribution in [3.05, 3.63) is 59.4 Å². The minimum atomic E-state index is -3.71. The summed E-state index contributed by atoms with van der Waals surface area (Å²) in [5.74, 6) is -0.265. The third kappa shape index (κ3) is 4.62. The van der Waals surface area contributed by atoms with Gasteiger partial charge in [-0.15, -0.1) is 0 Å². The van der Waals surface area contributed by atoms with E-state index >= 15 is 0 Å². The number of nitrogens with zero attached hydrogens (tertiary/aromatic N) is 1. The van der Waals surface area contributed by atoms with Gasteiger partial charge in [0.2, 0.25) is 10.0 Å².